The van der Waals surface area contributed by atoms with Gasteiger partial charge in [-0.1, -0.05) is 0 Å². The molecule has 6 nitrogen and oxygen atoms in total. The minimum Gasteiger partial charge on any atom is -0.383 e. The number of pyridine rings is 1. The third-order valence-electron chi connectivity index (χ3n) is 4.91. The van der Waals surface area contributed by atoms with E-state index in [1.807, 2.05) is 24.1 Å². The van der Waals surface area contributed by atoms with Gasteiger partial charge in [0.05, 0.1) is 6.61 Å². The number of hydrogen-bond acceptors (Lipinski definition) is 4. The van der Waals surface area contributed by atoms with E-state index in [0.29, 0.717) is 19.7 Å². The lowest BCUT2D eigenvalue weighted by atomic mass is 9.81. The molecule has 0 aromatic carbocycles. The zero-order chi connectivity index (χ0) is 18.1. The Morgan fingerprint density at radius 3 is 2.48 bits per heavy atom. The normalized spacial score (nSPS) is 20.1. The Bertz CT molecular complexity index is 542. The number of rotatable bonds is 8. The van der Waals surface area contributed by atoms with Crippen LogP contribution in [0.3, 0.4) is 0 Å². The van der Waals surface area contributed by atoms with Gasteiger partial charge < -0.3 is 15.0 Å². The summed E-state index contributed by atoms with van der Waals surface area (Å²) >= 11 is 0. The van der Waals surface area contributed by atoms with Crippen LogP contribution in [-0.2, 0) is 20.7 Å². The highest BCUT2D eigenvalue weighted by Crippen LogP contribution is 2.30. The molecule has 0 unspecified atom stereocenters. The topological polar surface area (TPSA) is 71.5 Å². The number of likely N-dealkylation sites (N-methyl/N-ethyl adjacent to an activating group) is 1. The average molecular weight is 347 g/mol. The number of nitrogens with one attached hydrogen (secondary N) is 1. The standard InChI is InChI=1S/C19H29N3O3/c1-22(13-9-15-7-10-20-11-8-15)19(24)17-5-3-16(4-6-17)18(23)21-12-14-25-2/h7-8,10-11,16-17H,3-6,9,12-14H2,1-2H3,(H,21,23). The number of methoxy groups -OCH3 is 1. The molecule has 1 aliphatic rings. The number of nitrogens with zero attached hydrogens (tertiary/aromatic N) is 2. The van der Waals surface area contributed by atoms with E-state index < -0.39 is 0 Å². The molecule has 1 N–H and O–H groups in total. The summed E-state index contributed by atoms with van der Waals surface area (Å²) in [5, 5.41) is 2.89. The molecule has 1 aromatic rings. The van der Waals surface area contributed by atoms with Gasteiger partial charge in [0.1, 0.15) is 0 Å². The minimum atomic E-state index is 0.0306. The highest BCUT2D eigenvalue weighted by Gasteiger charge is 2.31. The molecule has 1 aromatic heterocycles. The molecular formula is C19H29N3O3. The molecule has 0 saturated heterocycles. The maximum Gasteiger partial charge on any atom is 0.225 e. The Morgan fingerprint density at radius 2 is 1.84 bits per heavy atom. The number of hydrogen-bond donors (Lipinski definition) is 1. The summed E-state index contributed by atoms with van der Waals surface area (Å²) in [5.74, 6) is 0.370. The van der Waals surface area contributed by atoms with Gasteiger partial charge in [0.25, 0.3) is 0 Å². The fourth-order valence-electron chi connectivity index (χ4n) is 3.29. The molecule has 0 bridgehead atoms. The van der Waals surface area contributed by atoms with Gasteiger partial charge in [0, 0.05) is 51.5 Å². The van der Waals surface area contributed by atoms with Crippen molar-refractivity contribution in [2.75, 3.05) is 33.9 Å². The van der Waals surface area contributed by atoms with Gasteiger partial charge in [0.2, 0.25) is 11.8 Å². The summed E-state index contributed by atoms with van der Waals surface area (Å²) in [7, 11) is 3.49. The van der Waals surface area contributed by atoms with Gasteiger partial charge in [-0.05, 0) is 49.8 Å². The fourth-order valence-corrected chi connectivity index (χ4v) is 3.29. The monoisotopic (exact) mass is 347 g/mol. The van der Waals surface area contributed by atoms with Gasteiger partial charge in [-0.3, -0.25) is 14.6 Å². The van der Waals surface area contributed by atoms with E-state index in [9.17, 15) is 9.59 Å². The molecule has 0 atom stereocenters. The number of ether oxygens (including phenoxy) is 1. The van der Waals surface area contributed by atoms with Crippen molar-refractivity contribution in [3.8, 4) is 0 Å². The lowest BCUT2D eigenvalue weighted by molar-refractivity contribution is -0.137. The quantitative estimate of drug-likeness (QED) is 0.726. The van der Waals surface area contributed by atoms with Crippen molar-refractivity contribution in [3.63, 3.8) is 0 Å². The van der Waals surface area contributed by atoms with Crippen LogP contribution in [0.1, 0.15) is 31.2 Å². The van der Waals surface area contributed by atoms with Crippen molar-refractivity contribution >= 4 is 11.8 Å². The van der Waals surface area contributed by atoms with Crippen molar-refractivity contribution in [1.82, 2.24) is 15.2 Å². The first-order valence-corrected chi connectivity index (χ1v) is 9.02. The molecule has 0 radical (unpaired) electrons. The molecule has 1 aliphatic carbocycles. The second-order valence-corrected chi connectivity index (χ2v) is 6.70. The zero-order valence-electron chi connectivity index (χ0n) is 15.2. The van der Waals surface area contributed by atoms with Crippen molar-refractivity contribution in [1.29, 1.82) is 0 Å². The Labute approximate surface area is 150 Å². The molecule has 2 rings (SSSR count). The van der Waals surface area contributed by atoms with Crippen LogP contribution in [0.25, 0.3) is 0 Å². The van der Waals surface area contributed by atoms with Crippen molar-refractivity contribution in [3.05, 3.63) is 30.1 Å². The summed E-state index contributed by atoms with van der Waals surface area (Å²) in [5.41, 5.74) is 1.19. The van der Waals surface area contributed by atoms with Gasteiger partial charge in [-0.2, -0.15) is 0 Å². The third kappa shape index (κ3) is 6.12. The van der Waals surface area contributed by atoms with Crippen LogP contribution in [0.15, 0.2) is 24.5 Å². The minimum absolute atomic E-state index is 0.0306. The van der Waals surface area contributed by atoms with E-state index in [4.69, 9.17) is 4.74 Å². The highest BCUT2D eigenvalue weighted by atomic mass is 16.5. The van der Waals surface area contributed by atoms with Crippen LogP contribution in [0.4, 0.5) is 0 Å². The molecule has 1 fully saturated rings. The van der Waals surface area contributed by atoms with E-state index in [0.717, 1.165) is 32.1 Å². The molecule has 0 spiro atoms. The summed E-state index contributed by atoms with van der Waals surface area (Å²) in [4.78, 5) is 30.5. The Hall–Kier alpha value is -1.95. The van der Waals surface area contributed by atoms with E-state index >= 15 is 0 Å². The van der Waals surface area contributed by atoms with Crippen LogP contribution < -0.4 is 5.32 Å². The Kier molecular flexibility index (Phi) is 7.85. The summed E-state index contributed by atoms with van der Waals surface area (Å²) in [6.45, 7) is 1.79. The zero-order valence-corrected chi connectivity index (χ0v) is 15.2. The predicted octanol–water partition coefficient (Wildman–Crippen LogP) is 1.65. The number of carbonyl (C=O) groups is 2. The molecule has 0 aliphatic heterocycles. The van der Waals surface area contributed by atoms with E-state index in [1.54, 1.807) is 19.5 Å². The van der Waals surface area contributed by atoms with E-state index in [-0.39, 0.29) is 23.7 Å². The number of carbonyl (C=O) groups excluding carboxylic acids is 2. The highest BCUT2D eigenvalue weighted by molar-refractivity contribution is 5.81. The molecule has 25 heavy (non-hydrogen) atoms. The average Bonchev–Trinajstić information content (AvgIpc) is 2.66. The molecular weight excluding hydrogens is 318 g/mol. The Balaban J connectivity index is 1.72. The SMILES string of the molecule is COCCNC(=O)C1CCC(C(=O)N(C)CCc2ccncc2)CC1. The maximum atomic E-state index is 12.6. The first-order valence-electron chi connectivity index (χ1n) is 9.02. The summed E-state index contributed by atoms with van der Waals surface area (Å²) in [6, 6.07) is 3.96. The smallest absolute Gasteiger partial charge is 0.225 e. The third-order valence-corrected chi connectivity index (χ3v) is 4.91. The maximum absolute atomic E-state index is 12.6. The van der Waals surface area contributed by atoms with Crippen molar-refractivity contribution in [2.45, 2.75) is 32.1 Å². The predicted molar refractivity (Wildman–Crippen MR) is 95.9 cm³/mol. The lowest BCUT2D eigenvalue weighted by Crippen LogP contribution is -2.39. The van der Waals surface area contributed by atoms with Gasteiger partial charge in [-0.25, -0.2) is 0 Å². The van der Waals surface area contributed by atoms with Crippen molar-refractivity contribution < 1.29 is 14.3 Å². The molecule has 138 valence electrons. The van der Waals surface area contributed by atoms with E-state index in [1.165, 1.54) is 5.56 Å². The second-order valence-electron chi connectivity index (χ2n) is 6.70. The van der Waals surface area contributed by atoms with Crippen LogP contribution in [-0.4, -0.2) is 55.6 Å². The first-order chi connectivity index (χ1) is 12.1. The van der Waals surface area contributed by atoms with Crippen molar-refractivity contribution in [2.24, 2.45) is 11.8 Å². The molecule has 2 amide bonds. The molecule has 6 heteroatoms. The van der Waals surface area contributed by atoms with Gasteiger partial charge in [-0.15, -0.1) is 0 Å². The Morgan fingerprint density at radius 1 is 1.20 bits per heavy atom. The number of amides is 2. The first kappa shape index (κ1) is 19.4. The van der Waals surface area contributed by atoms with Crippen LogP contribution in [0.5, 0.6) is 0 Å². The lowest BCUT2D eigenvalue weighted by Gasteiger charge is -2.30. The molecule has 1 heterocycles. The summed E-state index contributed by atoms with van der Waals surface area (Å²) in [6.07, 6.45) is 7.54. The van der Waals surface area contributed by atoms with Crippen LogP contribution in [0.2, 0.25) is 0 Å². The number of aromatic nitrogens is 1. The van der Waals surface area contributed by atoms with Crippen LogP contribution >= 0.6 is 0 Å². The van der Waals surface area contributed by atoms with Gasteiger partial charge in [0.15, 0.2) is 0 Å². The molecule has 1 saturated carbocycles. The summed E-state index contributed by atoms with van der Waals surface area (Å²) < 4.78 is 4.94. The van der Waals surface area contributed by atoms with Crippen LogP contribution in [0, 0.1) is 11.8 Å². The fraction of sp³-hybridized carbons (Fsp3) is 0.632. The van der Waals surface area contributed by atoms with Gasteiger partial charge >= 0.3 is 0 Å². The largest absolute Gasteiger partial charge is 0.383 e. The van der Waals surface area contributed by atoms with E-state index in [2.05, 4.69) is 10.3 Å². The second kappa shape index (κ2) is 10.1.